The summed E-state index contributed by atoms with van der Waals surface area (Å²) in [5.74, 6) is 0. The maximum absolute atomic E-state index is 13.2. The van der Waals surface area contributed by atoms with Gasteiger partial charge in [-0.25, -0.2) is 13.4 Å². The first kappa shape index (κ1) is 21.6. The first-order valence-electron chi connectivity index (χ1n) is 9.77. The summed E-state index contributed by atoms with van der Waals surface area (Å²) < 4.78 is 26.3. The molecule has 158 valence electrons. The Morgan fingerprint density at radius 1 is 1.10 bits per heavy atom. The van der Waals surface area contributed by atoms with Crippen LogP contribution in [-0.2, 0) is 16.3 Å². The van der Waals surface area contributed by atoms with Crippen LogP contribution in [0, 0.1) is 6.92 Å². The number of rotatable bonds is 5. The van der Waals surface area contributed by atoms with Crippen LogP contribution in [-0.4, -0.2) is 31.7 Å². The molecule has 1 saturated heterocycles. The Kier molecular flexibility index (Phi) is 6.39. The summed E-state index contributed by atoms with van der Waals surface area (Å²) >= 11 is 13.9. The molecule has 0 atom stereocenters. The topological polar surface area (TPSA) is 50.3 Å². The van der Waals surface area contributed by atoms with E-state index in [4.69, 9.17) is 28.2 Å². The van der Waals surface area contributed by atoms with E-state index in [0.717, 1.165) is 17.2 Å². The molecule has 0 unspecified atom stereocenters. The molecule has 0 amide bonds. The number of nitrogens with zero attached hydrogens (tertiary/aromatic N) is 2. The van der Waals surface area contributed by atoms with Gasteiger partial charge in [-0.3, -0.25) is 0 Å². The first-order chi connectivity index (χ1) is 14.3. The lowest BCUT2D eigenvalue weighted by molar-refractivity contribution is 0.529. The van der Waals surface area contributed by atoms with Gasteiger partial charge in [0.1, 0.15) is 0 Å². The third-order valence-electron chi connectivity index (χ3n) is 5.44. The second-order valence-electron chi connectivity index (χ2n) is 7.55. The van der Waals surface area contributed by atoms with E-state index in [1.807, 2.05) is 18.2 Å². The maximum atomic E-state index is 13.2. The fourth-order valence-corrected chi connectivity index (χ4v) is 7.16. The summed E-state index contributed by atoms with van der Waals surface area (Å²) in [6, 6.07) is 13.4. The number of anilines is 1. The lowest BCUT2D eigenvalue weighted by atomic mass is 10.1. The molecular formula is C22H22Cl2N2O2S2. The van der Waals surface area contributed by atoms with Crippen molar-refractivity contribution in [1.29, 1.82) is 0 Å². The molecule has 0 aliphatic carbocycles. The van der Waals surface area contributed by atoms with Crippen molar-refractivity contribution in [2.24, 2.45) is 0 Å². The van der Waals surface area contributed by atoms with Gasteiger partial charge in [-0.05, 0) is 43.0 Å². The van der Waals surface area contributed by atoms with Gasteiger partial charge in [-0.15, -0.1) is 11.3 Å². The smallest absolute Gasteiger partial charge is 0.185 e. The zero-order valence-electron chi connectivity index (χ0n) is 16.5. The molecule has 2 heterocycles. The summed E-state index contributed by atoms with van der Waals surface area (Å²) in [6.07, 6.45) is 1.90. The van der Waals surface area contributed by atoms with Crippen LogP contribution in [0.1, 0.15) is 29.7 Å². The second-order valence-corrected chi connectivity index (χ2v) is 11.4. The molecule has 0 spiro atoms. The molecule has 4 rings (SSSR count). The van der Waals surface area contributed by atoms with Gasteiger partial charge >= 0.3 is 0 Å². The van der Waals surface area contributed by atoms with E-state index in [9.17, 15) is 8.42 Å². The predicted molar refractivity (Wildman–Crippen MR) is 125 cm³/mol. The van der Waals surface area contributed by atoms with Crippen molar-refractivity contribution < 1.29 is 8.42 Å². The van der Waals surface area contributed by atoms with Crippen molar-refractivity contribution in [1.82, 2.24) is 4.98 Å². The molecule has 0 saturated carbocycles. The summed E-state index contributed by atoms with van der Waals surface area (Å²) in [5, 5.41) is 3.26. The van der Waals surface area contributed by atoms with Crippen molar-refractivity contribution in [2.45, 2.75) is 36.3 Å². The summed E-state index contributed by atoms with van der Waals surface area (Å²) in [4.78, 5) is 7.13. The molecule has 1 aliphatic rings. The molecule has 8 heteroatoms. The highest BCUT2D eigenvalue weighted by atomic mass is 35.5. The van der Waals surface area contributed by atoms with Gasteiger partial charge in [0.05, 0.1) is 20.9 Å². The minimum absolute atomic E-state index is 0.184. The van der Waals surface area contributed by atoms with Crippen molar-refractivity contribution in [3.05, 3.63) is 74.7 Å². The van der Waals surface area contributed by atoms with E-state index in [2.05, 4.69) is 22.4 Å². The third-order valence-corrected chi connectivity index (χ3v) is 9.52. The van der Waals surface area contributed by atoms with Crippen LogP contribution in [0.3, 0.4) is 0 Å². The molecule has 0 radical (unpaired) electrons. The first-order valence-corrected chi connectivity index (χ1v) is 13.0. The molecular weight excluding hydrogens is 459 g/mol. The lowest BCUT2D eigenvalue weighted by Crippen LogP contribution is -2.39. The molecule has 4 nitrogen and oxygen atoms in total. The number of halogens is 2. The Morgan fingerprint density at radius 2 is 1.80 bits per heavy atom. The van der Waals surface area contributed by atoms with Gasteiger partial charge < -0.3 is 4.90 Å². The van der Waals surface area contributed by atoms with Gasteiger partial charge in [-0.1, -0.05) is 53.5 Å². The van der Waals surface area contributed by atoms with Gasteiger partial charge in [0.25, 0.3) is 0 Å². The van der Waals surface area contributed by atoms with E-state index in [1.54, 1.807) is 24.3 Å². The zero-order chi connectivity index (χ0) is 21.3. The largest absolute Gasteiger partial charge is 0.348 e. The molecule has 0 bridgehead atoms. The highest BCUT2D eigenvalue weighted by molar-refractivity contribution is 7.92. The maximum Gasteiger partial charge on any atom is 0.185 e. The summed E-state index contributed by atoms with van der Waals surface area (Å²) in [5.41, 5.74) is 2.99. The van der Waals surface area contributed by atoms with Crippen LogP contribution >= 0.6 is 34.5 Å². The SMILES string of the molecule is Cc1cc(S(=O)(=O)C2CCN(c3nc(Cc4ccccc4)cs3)CC2)c(Cl)cc1Cl. The Bertz CT molecular complexity index is 1140. The van der Waals surface area contributed by atoms with Gasteiger partial charge in [0.15, 0.2) is 15.0 Å². The summed E-state index contributed by atoms with van der Waals surface area (Å²) in [6.45, 7) is 3.11. The minimum atomic E-state index is -3.51. The average Bonchev–Trinajstić information content (AvgIpc) is 3.20. The van der Waals surface area contributed by atoms with E-state index < -0.39 is 15.1 Å². The van der Waals surface area contributed by atoms with E-state index >= 15 is 0 Å². The quantitative estimate of drug-likeness (QED) is 0.463. The molecule has 1 aromatic heterocycles. The lowest BCUT2D eigenvalue weighted by Gasteiger charge is -2.31. The number of piperidine rings is 1. The van der Waals surface area contributed by atoms with Gasteiger partial charge in [-0.2, -0.15) is 0 Å². The monoisotopic (exact) mass is 480 g/mol. The molecule has 2 aromatic carbocycles. The fourth-order valence-electron chi connectivity index (χ4n) is 3.71. The molecule has 1 fully saturated rings. The average molecular weight is 481 g/mol. The predicted octanol–water partition coefficient (Wildman–Crippen LogP) is 5.79. The van der Waals surface area contributed by atoms with E-state index in [1.165, 1.54) is 11.6 Å². The number of sulfone groups is 1. The van der Waals surface area contributed by atoms with E-state index in [-0.39, 0.29) is 9.92 Å². The Balaban J connectivity index is 1.43. The van der Waals surface area contributed by atoms with Gasteiger partial charge in [0, 0.05) is 29.9 Å². The molecule has 30 heavy (non-hydrogen) atoms. The van der Waals surface area contributed by atoms with E-state index in [0.29, 0.717) is 36.5 Å². The Hall–Kier alpha value is -1.60. The number of aromatic nitrogens is 1. The van der Waals surface area contributed by atoms with Crippen LogP contribution in [0.25, 0.3) is 0 Å². The van der Waals surface area contributed by atoms with Crippen molar-refractivity contribution in [3.63, 3.8) is 0 Å². The highest BCUT2D eigenvalue weighted by Crippen LogP contribution is 2.34. The number of thiazole rings is 1. The third kappa shape index (κ3) is 4.52. The van der Waals surface area contributed by atoms with Crippen LogP contribution in [0.2, 0.25) is 10.0 Å². The molecule has 1 aliphatic heterocycles. The van der Waals surface area contributed by atoms with Gasteiger partial charge in [0.2, 0.25) is 0 Å². The van der Waals surface area contributed by atoms with Crippen molar-refractivity contribution in [3.8, 4) is 0 Å². The van der Waals surface area contributed by atoms with Crippen LogP contribution in [0.4, 0.5) is 5.13 Å². The number of hydrogen-bond donors (Lipinski definition) is 0. The molecule has 3 aromatic rings. The van der Waals surface area contributed by atoms with Crippen molar-refractivity contribution >= 4 is 49.5 Å². The minimum Gasteiger partial charge on any atom is -0.348 e. The Labute approximate surface area is 191 Å². The fraction of sp³-hybridized carbons (Fsp3) is 0.318. The van der Waals surface area contributed by atoms with Crippen LogP contribution < -0.4 is 4.90 Å². The number of hydrogen-bond acceptors (Lipinski definition) is 5. The Morgan fingerprint density at radius 3 is 2.50 bits per heavy atom. The second kappa shape index (κ2) is 8.87. The van der Waals surface area contributed by atoms with Crippen molar-refractivity contribution in [2.75, 3.05) is 18.0 Å². The zero-order valence-corrected chi connectivity index (χ0v) is 19.7. The number of benzene rings is 2. The summed E-state index contributed by atoms with van der Waals surface area (Å²) in [7, 11) is -3.51. The molecule has 0 N–H and O–H groups in total. The van der Waals surface area contributed by atoms with Crippen LogP contribution in [0.5, 0.6) is 0 Å². The highest BCUT2D eigenvalue weighted by Gasteiger charge is 2.33. The normalized spacial score (nSPS) is 15.5. The standard InChI is InChI=1S/C22H22Cl2N2O2S2/c1-15-11-21(20(24)13-19(15)23)30(27,28)18-7-9-26(10-8-18)22-25-17(14-29-22)12-16-5-3-2-4-6-16/h2-6,11,13-14,18H,7-10,12H2,1H3. The number of aryl methyl sites for hydroxylation is 1. The van der Waals surface area contributed by atoms with Crippen LogP contribution in [0.15, 0.2) is 52.7 Å².